The molecule has 0 amide bonds. The molecule has 0 aromatic rings. The van der Waals surface area contributed by atoms with Gasteiger partial charge in [-0.2, -0.15) is 0 Å². The summed E-state index contributed by atoms with van der Waals surface area (Å²) in [5.74, 6) is 1.71. The first-order valence-corrected chi connectivity index (χ1v) is 7.06. The summed E-state index contributed by atoms with van der Waals surface area (Å²) in [6.45, 7) is 4.74. The average molecular weight is 225 g/mol. The van der Waals surface area contributed by atoms with E-state index in [1.165, 1.54) is 38.5 Å². The molecule has 2 saturated carbocycles. The highest BCUT2D eigenvalue weighted by Crippen LogP contribution is 2.33. The van der Waals surface area contributed by atoms with Crippen molar-refractivity contribution in [3.8, 4) is 0 Å². The van der Waals surface area contributed by atoms with Gasteiger partial charge in [-0.1, -0.05) is 13.8 Å². The van der Waals surface area contributed by atoms with Crippen LogP contribution in [0.3, 0.4) is 0 Å². The molecule has 0 aliphatic heterocycles. The van der Waals surface area contributed by atoms with E-state index in [-0.39, 0.29) is 0 Å². The van der Waals surface area contributed by atoms with Gasteiger partial charge < -0.3 is 10.5 Å². The third kappa shape index (κ3) is 3.21. The lowest BCUT2D eigenvalue weighted by atomic mass is 9.80. The summed E-state index contributed by atoms with van der Waals surface area (Å²) in [7, 11) is 0. The number of ether oxygens (including phenoxy) is 1. The first kappa shape index (κ1) is 12.4. The highest BCUT2D eigenvalue weighted by Gasteiger charge is 2.28. The summed E-state index contributed by atoms with van der Waals surface area (Å²) in [6.07, 6.45) is 9.59. The normalized spacial score (nSPS) is 45.6. The largest absolute Gasteiger partial charge is 0.375 e. The Morgan fingerprint density at radius 2 is 1.62 bits per heavy atom. The van der Waals surface area contributed by atoms with Gasteiger partial charge in [-0.25, -0.2) is 0 Å². The molecule has 0 radical (unpaired) electrons. The van der Waals surface area contributed by atoms with E-state index in [4.69, 9.17) is 10.5 Å². The maximum Gasteiger partial charge on any atom is 0.0593 e. The molecule has 2 N–H and O–H groups in total. The zero-order chi connectivity index (χ0) is 11.5. The van der Waals surface area contributed by atoms with E-state index in [1.807, 2.05) is 0 Å². The van der Waals surface area contributed by atoms with Gasteiger partial charge in [0.05, 0.1) is 12.2 Å². The van der Waals surface area contributed by atoms with E-state index in [0.29, 0.717) is 18.2 Å². The van der Waals surface area contributed by atoms with Crippen LogP contribution in [0, 0.1) is 11.8 Å². The Labute approximate surface area is 99.9 Å². The highest BCUT2D eigenvalue weighted by atomic mass is 16.5. The van der Waals surface area contributed by atoms with Gasteiger partial charge in [0.15, 0.2) is 0 Å². The molecule has 0 bridgehead atoms. The third-order valence-corrected chi connectivity index (χ3v) is 4.60. The topological polar surface area (TPSA) is 35.2 Å². The van der Waals surface area contributed by atoms with Crippen LogP contribution in [0.2, 0.25) is 0 Å². The minimum absolute atomic E-state index is 0.388. The first-order chi connectivity index (χ1) is 7.65. The van der Waals surface area contributed by atoms with Crippen molar-refractivity contribution in [1.82, 2.24) is 0 Å². The van der Waals surface area contributed by atoms with Crippen molar-refractivity contribution in [3.63, 3.8) is 0 Å². The van der Waals surface area contributed by atoms with Crippen LogP contribution in [0.15, 0.2) is 0 Å². The molecule has 2 nitrogen and oxygen atoms in total. The lowest BCUT2D eigenvalue weighted by molar-refractivity contribution is -0.0626. The molecule has 2 aliphatic carbocycles. The summed E-state index contributed by atoms with van der Waals surface area (Å²) in [4.78, 5) is 0. The van der Waals surface area contributed by atoms with Crippen LogP contribution >= 0.6 is 0 Å². The molecule has 5 unspecified atom stereocenters. The molecule has 5 atom stereocenters. The zero-order valence-electron chi connectivity index (χ0n) is 10.8. The van der Waals surface area contributed by atoms with Gasteiger partial charge >= 0.3 is 0 Å². The van der Waals surface area contributed by atoms with Crippen LogP contribution in [-0.2, 0) is 4.74 Å². The molecule has 0 spiro atoms. The Kier molecular flexibility index (Phi) is 4.26. The predicted octanol–water partition coefficient (Wildman–Crippen LogP) is 3.10. The van der Waals surface area contributed by atoms with Crippen molar-refractivity contribution in [2.24, 2.45) is 17.6 Å². The van der Waals surface area contributed by atoms with E-state index in [1.54, 1.807) is 0 Å². The molecule has 2 rings (SSSR count). The molecule has 16 heavy (non-hydrogen) atoms. The van der Waals surface area contributed by atoms with E-state index in [0.717, 1.165) is 18.3 Å². The van der Waals surface area contributed by atoms with Gasteiger partial charge in [-0.05, 0) is 56.8 Å². The molecule has 0 heterocycles. The summed E-state index contributed by atoms with van der Waals surface area (Å²) in [5, 5.41) is 0. The molecule has 2 heteroatoms. The number of hydrogen-bond donors (Lipinski definition) is 1. The minimum Gasteiger partial charge on any atom is -0.375 e. The lowest BCUT2D eigenvalue weighted by Gasteiger charge is -2.36. The van der Waals surface area contributed by atoms with Crippen LogP contribution in [-0.4, -0.2) is 18.2 Å². The van der Waals surface area contributed by atoms with Crippen LogP contribution in [0.4, 0.5) is 0 Å². The Balaban J connectivity index is 1.76. The molecule has 94 valence electrons. The van der Waals surface area contributed by atoms with Crippen molar-refractivity contribution in [2.45, 2.75) is 77.0 Å². The smallest absolute Gasteiger partial charge is 0.0593 e. The fourth-order valence-electron chi connectivity index (χ4n) is 3.20. The fraction of sp³-hybridized carbons (Fsp3) is 1.00. The van der Waals surface area contributed by atoms with Crippen LogP contribution in [0.1, 0.15) is 58.8 Å². The standard InChI is InChI=1S/C14H27NO/c1-10-6-7-14(8-11(10)2)16-13-5-3-4-12(15)9-13/h10-14H,3-9,15H2,1-2H3. The zero-order valence-corrected chi connectivity index (χ0v) is 10.8. The van der Waals surface area contributed by atoms with Crippen molar-refractivity contribution in [3.05, 3.63) is 0 Å². The molecule has 0 saturated heterocycles. The van der Waals surface area contributed by atoms with Gasteiger partial charge in [0.2, 0.25) is 0 Å². The van der Waals surface area contributed by atoms with Gasteiger partial charge in [0.25, 0.3) is 0 Å². The molecule has 2 aliphatic rings. The maximum absolute atomic E-state index is 6.24. The Morgan fingerprint density at radius 3 is 2.31 bits per heavy atom. The van der Waals surface area contributed by atoms with Crippen LogP contribution in [0.5, 0.6) is 0 Å². The molecule has 0 aromatic heterocycles. The fourth-order valence-corrected chi connectivity index (χ4v) is 3.20. The summed E-state index contributed by atoms with van der Waals surface area (Å²) in [6, 6.07) is 0.388. The second kappa shape index (κ2) is 5.50. The summed E-state index contributed by atoms with van der Waals surface area (Å²) < 4.78 is 6.24. The Bertz CT molecular complexity index is 219. The van der Waals surface area contributed by atoms with Crippen molar-refractivity contribution in [2.75, 3.05) is 0 Å². The van der Waals surface area contributed by atoms with Gasteiger partial charge in [-0.3, -0.25) is 0 Å². The minimum atomic E-state index is 0.388. The van der Waals surface area contributed by atoms with Crippen LogP contribution in [0.25, 0.3) is 0 Å². The third-order valence-electron chi connectivity index (χ3n) is 4.60. The van der Waals surface area contributed by atoms with E-state index < -0.39 is 0 Å². The molecular weight excluding hydrogens is 198 g/mol. The van der Waals surface area contributed by atoms with Crippen molar-refractivity contribution >= 4 is 0 Å². The van der Waals surface area contributed by atoms with Crippen molar-refractivity contribution < 1.29 is 4.74 Å². The summed E-state index contributed by atoms with van der Waals surface area (Å²) in [5.41, 5.74) is 6.00. The summed E-state index contributed by atoms with van der Waals surface area (Å²) >= 11 is 0. The number of hydrogen-bond acceptors (Lipinski definition) is 2. The SMILES string of the molecule is CC1CCC(OC2CCCC(N)C2)CC1C. The highest BCUT2D eigenvalue weighted by molar-refractivity contribution is 4.80. The van der Waals surface area contributed by atoms with Crippen molar-refractivity contribution in [1.29, 1.82) is 0 Å². The van der Waals surface area contributed by atoms with Gasteiger partial charge in [0.1, 0.15) is 0 Å². The Hall–Kier alpha value is -0.0800. The number of nitrogens with two attached hydrogens (primary N) is 1. The van der Waals surface area contributed by atoms with Crippen LogP contribution < -0.4 is 5.73 Å². The molecule has 0 aromatic carbocycles. The van der Waals surface area contributed by atoms with E-state index in [2.05, 4.69) is 13.8 Å². The quantitative estimate of drug-likeness (QED) is 0.783. The maximum atomic E-state index is 6.24. The molecular formula is C14H27NO. The average Bonchev–Trinajstić information content (AvgIpc) is 2.24. The number of rotatable bonds is 2. The van der Waals surface area contributed by atoms with Gasteiger partial charge in [-0.15, -0.1) is 0 Å². The first-order valence-electron chi connectivity index (χ1n) is 7.06. The van der Waals surface area contributed by atoms with E-state index >= 15 is 0 Å². The van der Waals surface area contributed by atoms with Gasteiger partial charge in [0, 0.05) is 6.04 Å². The monoisotopic (exact) mass is 225 g/mol. The lowest BCUT2D eigenvalue weighted by Crippen LogP contribution is -2.36. The second-order valence-electron chi connectivity index (χ2n) is 6.07. The van der Waals surface area contributed by atoms with E-state index in [9.17, 15) is 0 Å². The Morgan fingerprint density at radius 1 is 0.875 bits per heavy atom. The molecule has 2 fully saturated rings. The predicted molar refractivity (Wildman–Crippen MR) is 67.3 cm³/mol. The second-order valence-corrected chi connectivity index (χ2v) is 6.07.